The molecule has 118 valence electrons. The number of rotatable bonds is 5. The lowest BCUT2D eigenvalue weighted by atomic mass is 9.97. The molecule has 1 amide bonds. The second-order valence-corrected chi connectivity index (χ2v) is 5.27. The van der Waals surface area contributed by atoms with Gasteiger partial charge in [-0.05, 0) is 24.3 Å². The largest absolute Gasteiger partial charge is 0.467 e. The van der Waals surface area contributed by atoms with Crippen LogP contribution in [0.25, 0.3) is 0 Å². The molecule has 22 heavy (non-hydrogen) atoms. The van der Waals surface area contributed by atoms with Gasteiger partial charge in [0.25, 0.3) is 0 Å². The number of methoxy groups -OCH3 is 1. The van der Waals surface area contributed by atoms with E-state index in [0.717, 1.165) is 12.0 Å². The summed E-state index contributed by atoms with van der Waals surface area (Å²) < 4.78 is 10.1. The van der Waals surface area contributed by atoms with Crippen LogP contribution in [0, 0.1) is 5.92 Å². The van der Waals surface area contributed by atoms with E-state index in [4.69, 9.17) is 9.47 Å². The molecule has 2 atom stereocenters. The molecule has 0 saturated carbocycles. The fourth-order valence-corrected chi connectivity index (χ4v) is 2.76. The maximum Gasteiger partial charge on any atom is 0.410 e. The van der Waals surface area contributed by atoms with E-state index >= 15 is 0 Å². The number of allylic oxidation sites excluding steroid dienone is 1. The van der Waals surface area contributed by atoms with Gasteiger partial charge in [0, 0.05) is 6.54 Å². The van der Waals surface area contributed by atoms with Crippen LogP contribution in [0.2, 0.25) is 0 Å². The Bertz CT molecular complexity index is 529. The molecule has 0 N–H and O–H groups in total. The Morgan fingerprint density at radius 1 is 1.36 bits per heavy atom. The first-order valence-electron chi connectivity index (χ1n) is 7.33. The summed E-state index contributed by atoms with van der Waals surface area (Å²) in [5.41, 5.74) is 0.910. The zero-order valence-electron chi connectivity index (χ0n) is 12.7. The van der Waals surface area contributed by atoms with Crippen molar-refractivity contribution in [1.29, 1.82) is 0 Å². The van der Waals surface area contributed by atoms with Crippen molar-refractivity contribution in [2.45, 2.75) is 25.5 Å². The van der Waals surface area contributed by atoms with Crippen molar-refractivity contribution in [3.05, 3.63) is 48.6 Å². The molecule has 1 aliphatic heterocycles. The molecule has 1 aromatic carbocycles. The molecule has 1 aliphatic rings. The predicted molar refractivity (Wildman–Crippen MR) is 82.1 cm³/mol. The van der Waals surface area contributed by atoms with Gasteiger partial charge in [-0.2, -0.15) is 0 Å². The van der Waals surface area contributed by atoms with Crippen molar-refractivity contribution in [3.63, 3.8) is 0 Å². The summed E-state index contributed by atoms with van der Waals surface area (Å²) in [6.45, 7) is 4.39. The summed E-state index contributed by atoms with van der Waals surface area (Å²) in [5, 5.41) is 0. The highest BCUT2D eigenvalue weighted by Crippen LogP contribution is 2.29. The van der Waals surface area contributed by atoms with Gasteiger partial charge in [-0.3, -0.25) is 4.90 Å². The zero-order chi connectivity index (χ0) is 15.9. The van der Waals surface area contributed by atoms with E-state index in [1.165, 1.54) is 12.0 Å². The highest BCUT2D eigenvalue weighted by atomic mass is 16.6. The highest BCUT2D eigenvalue weighted by molar-refractivity contribution is 5.82. The predicted octanol–water partition coefficient (Wildman–Crippen LogP) is 2.76. The van der Waals surface area contributed by atoms with E-state index in [1.807, 2.05) is 30.3 Å². The molecule has 0 aliphatic carbocycles. The van der Waals surface area contributed by atoms with Crippen LogP contribution in [0.3, 0.4) is 0 Å². The van der Waals surface area contributed by atoms with Crippen LogP contribution < -0.4 is 0 Å². The summed E-state index contributed by atoms with van der Waals surface area (Å²) >= 11 is 0. The second-order valence-electron chi connectivity index (χ2n) is 5.27. The van der Waals surface area contributed by atoms with Crippen molar-refractivity contribution in [2.24, 2.45) is 5.92 Å². The zero-order valence-corrected chi connectivity index (χ0v) is 12.7. The molecule has 0 bridgehead atoms. The number of hydrogen-bond acceptors (Lipinski definition) is 4. The molecule has 1 fully saturated rings. The maximum atomic E-state index is 12.3. The third-order valence-electron chi connectivity index (χ3n) is 3.87. The molecule has 5 nitrogen and oxygen atoms in total. The topological polar surface area (TPSA) is 55.8 Å². The number of esters is 1. The van der Waals surface area contributed by atoms with Gasteiger partial charge in [0.2, 0.25) is 0 Å². The van der Waals surface area contributed by atoms with Gasteiger partial charge in [-0.1, -0.05) is 36.4 Å². The molecular formula is C17H21NO4. The minimum atomic E-state index is -0.591. The Labute approximate surface area is 130 Å². The third-order valence-corrected chi connectivity index (χ3v) is 3.87. The summed E-state index contributed by atoms with van der Waals surface area (Å²) in [4.78, 5) is 25.7. The number of nitrogens with zero attached hydrogens (tertiary/aromatic N) is 1. The smallest absolute Gasteiger partial charge is 0.410 e. The molecule has 0 aromatic heterocycles. The summed E-state index contributed by atoms with van der Waals surface area (Å²) in [6, 6.07) is 8.85. The first kappa shape index (κ1) is 16.1. The molecular weight excluding hydrogens is 282 g/mol. The van der Waals surface area contributed by atoms with Crippen molar-refractivity contribution in [2.75, 3.05) is 13.7 Å². The van der Waals surface area contributed by atoms with E-state index in [2.05, 4.69) is 6.58 Å². The average molecular weight is 303 g/mol. The normalized spacial score (nSPS) is 20.5. The lowest BCUT2D eigenvalue weighted by Crippen LogP contribution is -2.44. The van der Waals surface area contributed by atoms with Crippen LogP contribution in [-0.2, 0) is 20.9 Å². The lowest BCUT2D eigenvalue weighted by Gasteiger charge is -2.25. The van der Waals surface area contributed by atoms with Crippen LogP contribution >= 0.6 is 0 Å². The first-order chi connectivity index (χ1) is 10.7. The molecule has 5 heteroatoms. The number of likely N-dealkylation sites (tertiary alicyclic amines) is 1. The standard InChI is InChI=1S/C17H21NO4/c1-3-7-14-10-11-18(15(14)16(19)21-2)17(20)22-12-13-8-5-4-6-9-13/h3-6,8-9,14-15H,1,7,10-12H2,2H3. The Kier molecular flexibility index (Phi) is 5.58. The number of carbonyl (C=O) groups excluding carboxylic acids is 2. The van der Waals surface area contributed by atoms with Crippen LogP contribution in [-0.4, -0.2) is 36.7 Å². The molecule has 2 unspecified atom stereocenters. The van der Waals surface area contributed by atoms with Crippen molar-refractivity contribution in [3.8, 4) is 0 Å². The number of benzene rings is 1. The van der Waals surface area contributed by atoms with E-state index in [0.29, 0.717) is 13.0 Å². The van der Waals surface area contributed by atoms with E-state index in [1.54, 1.807) is 6.08 Å². The monoisotopic (exact) mass is 303 g/mol. The number of ether oxygens (including phenoxy) is 2. The molecule has 1 saturated heterocycles. The molecule has 0 spiro atoms. The summed E-state index contributed by atoms with van der Waals surface area (Å²) in [7, 11) is 1.33. The van der Waals surface area contributed by atoms with Gasteiger partial charge in [0.1, 0.15) is 12.6 Å². The molecule has 1 aromatic rings. The van der Waals surface area contributed by atoms with E-state index in [-0.39, 0.29) is 12.5 Å². The highest BCUT2D eigenvalue weighted by Gasteiger charge is 2.42. The van der Waals surface area contributed by atoms with Crippen LogP contribution in [0.5, 0.6) is 0 Å². The lowest BCUT2D eigenvalue weighted by molar-refractivity contribution is -0.146. The van der Waals surface area contributed by atoms with Gasteiger partial charge in [0.05, 0.1) is 7.11 Å². The van der Waals surface area contributed by atoms with Crippen molar-refractivity contribution < 1.29 is 19.1 Å². The van der Waals surface area contributed by atoms with Gasteiger partial charge >= 0.3 is 12.1 Å². The Morgan fingerprint density at radius 3 is 2.73 bits per heavy atom. The SMILES string of the molecule is C=CCC1CCN(C(=O)OCc2ccccc2)C1C(=O)OC. The fourth-order valence-electron chi connectivity index (χ4n) is 2.76. The Hall–Kier alpha value is -2.30. The minimum Gasteiger partial charge on any atom is -0.467 e. The van der Waals surface area contributed by atoms with Gasteiger partial charge in [-0.15, -0.1) is 6.58 Å². The minimum absolute atomic E-state index is 0.0363. The molecule has 2 rings (SSSR count). The number of amides is 1. The van der Waals surface area contributed by atoms with Crippen molar-refractivity contribution in [1.82, 2.24) is 4.90 Å². The van der Waals surface area contributed by atoms with E-state index in [9.17, 15) is 9.59 Å². The van der Waals surface area contributed by atoms with Gasteiger partial charge in [0.15, 0.2) is 0 Å². The maximum absolute atomic E-state index is 12.3. The number of carbonyl (C=O) groups is 2. The Morgan fingerprint density at radius 2 is 2.09 bits per heavy atom. The average Bonchev–Trinajstić information content (AvgIpc) is 2.97. The Balaban J connectivity index is 2.00. The van der Waals surface area contributed by atoms with Gasteiger partial charge < -0.3 is 9.47 Å². The van der Waals surface area contributed by atoms with Crippen LogP contribution in [0.4, 0.5) is 4.79 Å². The van der Waals surface area contributed by atoms with Crippen LogP contribution in [0.1, 0.15) is 18.4 Å². The van der Waals surface area contributed by atoms with Crippen LogP contribution in [0.15, 0.2) is 43.0 Å². The quantitative estimate of drug-likeness (QED) is 0.620. The van der Waals surface area contributed by atoms with E-state index < -0.39 is 18.1 Å². The molecule has 0 radical (unpaired) electrons. The summed E-state index contributed by atoms with van der Waals surface area (Å²) in [6.07, 6.45) is 2.69. The third kappa shape index (κ3) is 3.67. The second kappa shape index (κ2) is 7.64. The first-order valence-corrected chi connectivity index (χ1v) is 7.33. The fraction of sp³-hybridized carbons (Fsp3) is 0.412. The summed E-state index contributed by atoms with van der Waals surface area (Å²) in [5.74, 6) is -0.366. The molecule has 1 heterocycles. The van der Waals surface area contributed by atoms with Crippen molar-refractivity contribution >= 4 is 12.1 Å². The number of hydrogen-bond donors (Lipinski definition) is 0. The van der Waals surface area contributed by atoms with Gasteiger partial charge in [-0.25, -0.2) is 9.59 Å².